The third kappa shape index (κ3) is 4.26. The van der Waals surface area contributed by atoms with Crippen molar-refractivity contribution in [2.24, 2.45) is 17.6 Å². The molecule has 142 valence electrons. The Morgan fingerprint density at radius 1 is 1.15 bits per heavy atom. The van der Waals surface area contributed by atoms with Crippen LogP contribution < -0.4 is 11.1 Å². The lowest BCUT2D eigenvalue weighted by atomic mass is 9.88. The van der Waals surface area contributed by atoms with Gasteiger partial charge in [-0.05, 0) is 37.8 Å². The Bertz CT molecular complexity index is 613. The minimum Gasteiger partial charge on any atom is -0.344 e. The summed E-state index contributed by atoms with van der Waals surface area (Å²) in [4.78, 5) is 27.2. The molecule has 2 fully saturated rings. The molecule has 5 heteroatoms. The second-order valence-electron chi connectivity index (χ2n) is 7.82. The number of amides is 2. The minimum atomic E-state index is -0.475. The maximum absolute atomic E-state index is 12.9. The fourth-order valence-electron chi connectivity index (χ4n) is 4.40. The largest absolute Gasteiger partial charge is 0.344 e. The first-order valence-corrected chi connectivity index (χ1v) is 9.94. The molecular formula is C21H31N3O2. The lowest BCUT2D eigenvalue weighted by Crippen LogP contribution is -2.48. The van der Waals surface area contributed by atoms with E-state index in [9.17, 15) is 9.59 Å². The van der Waals surface area contributed by atoms with Crippen molar-refractivity contribution in [2.45, 2.75) is 51.0 Å². The van der Waals surface area contributed by atoms with E-state index < -0.39 is 6.04 Å². The Kier molecular flexibility index (Phi) is 6.30. The summed E-state index contributed by atoms with van der Waals surface area (Å²) in [6, 6.07) is 9.80. The molecule has 1 aliphatic heterocycles. The van der Waals surface area contributed by atoms with Crippen molar-refractivity contribution < 1.29 is 9.59 Å². The van der Waals surface area contributed by atoms with Crippen molar-refractivity contribution in [3.05, 3.63) is 35.9 Å². The zero-order valence-corrected chi connectivity index (χ0v) is 15.7. The smallest absolute Gasteiger partial charge is 0.244 e. The topological polar surface area (TPSA) is 75.4 Å². The van der Waals surface area contributed by atoms with Gasteiger partial charge in [-0.15, -0.1) is 0 Å². The molecule has 0 bridgehead atoms. The zero-order chi connectivity index (χ0) is 18.5. The fourth-order valence-corrected chi connectivity index (χ4v) is 4.40. The monoisotopic (exact) mass is 357 g/mol. The molecule has 1 aromatic carbocycles. The first-order valence-electron chi connectivity index (χ1n) is 9.94. The zero-order valence-electron chi connectivity index (χ0n) is 15.7. The Labute approximate surface area is 156 Å². The summed E-state index contributed by atoms with van der Waals surface area (Å²) in [5.74, 6) is 0.659. The van der Waals surface area contributed by atoms with E-state index in [1.54, 1.807) is 6.92 Å². The van der Waals surface area contributed by atoms with E-state index in [4.69, 9.17) is 5.73 Å². The molecular weight excluding hydrogens is 326 g/mol. The van der Waals surface area contributed by atoms with Gasteiger partial charge in [0.25, 0.3) is 0 Å². The van der Waals surface area contributed by atoms with Crippen molar-refractivity contribution in [3.63, 3.8) is 0 Å². The number of hydrogen-bond acceptors (Lipinski definition) is 3. The van der Waals surface area contributed by atoms with Crippen molar-refractivity contribution >= 4 is 11.8 Å². The average Bonchev–Trinajstić information content (AvgIpc) is 3.13. The number of likely N-dealkylation sites (tertiary alicyclic amines) is 1. The van der Waals surface area contributed by atoms with E-state index in [0.29, 0.717) is 19.6 Å². The van der Waals surface area contributed by atoms with E-state index in [1.807, 2.05) is 23.1 Å². The molecule has 5 nitrogen and oxygen atoms in total. The van der Waals surface area contributed by atoms with Gasteiger partial charge in [0, 0.05) is 24.9 Å². The van der Waals surface area contributed by atoms with Gasteiger partial charge < -0.3 is 16.0 Å². The van der Waals surface area contributed by atoms with Crippen LogP contribution in [0.5, 0.6) is 0 Å². The summed E-state index contributed by atoms with van der Waals surface area (Å²) in [6.45, 7) is 3.70. The standard InChI is InChI=1S/C21H31N3O2/c1-15(23-20(25)17-10-6-3-7-11-17)21(26)24-13-18(12-22)19(14-24)16-8-4-2-5-9-16/h2,4-5,8-9,15,17-19H,3,6-7,10-14,22H2,1H3,(H,23,25)/t15-,18+,19-/m0/s1. The van der Waals surface area contributed by atoms with Crippen LogP contribution in [-0.4, -0.2) is 42.4 Å². The van der Waals surface area contributed by atoms with Gasteiger partial charge in [0.05, 0.1) is 0 Å². The lowest BCUT2D eigenvalue weighted by molar-refractivity contribution is -0.136. The van der Waals surface area contributed by atoms with Gasteiger partial charge in [0.2, 0.25) is 11.8 Å². The Hall–Kier alpha value is -1.88. The maximum Gasteiger partial charge on any atom is 0.244 e. The van der Waals surface area contributed by atoms with Crippen LogP contribution in [0.1, 0.15) is 50.5 Å². The minimum absolute atomic E-state index is 0.00559. The molecule has 0 radical (unpaired) electrons. The quantitative estimate of drug-likeness (QED) is 0.849. The van der Waals surface area contributed by atoms with Gasteiger partial charge in [-0.1, -0.05) is 49.6 Å². The molecule has 0 aromatic heterocycles. The van der Waals surface area contributed by atoms with Crippen LogP contribution in [-0.2, 0) is 9.59 Å². The summed E-state index contributed by atoms with van der Waals surface area (Å²) in [5, 5.41) is 2.95. The summed E-state index contributed by atoms with van der Waals surface area (Å²) < 4.78 is 0. The molecule has 1 saturated heterocycles. The Morgan fingerprint density at radius 2 is 1.85 bits per heavy atom. The van der Waals surface area contributed by atoms with Gasteiger partial charge in [-0.2, -0.15) is 0 Å². The molecule has 26 heavy (non-hydrogen) atoms. The third-order valence-corrected chi connectivity index (χ3v) is 5.99. The molecule has 0 spiro atoms. The first-order chi connectivity index (χ1) is 12.6. The number of nitrogens with one attached hydrogen (secondary N) is 1. The van der Waals surface area contributed by atoms with Crippen molar-refractivity contribution in [2.75, 3.05) is 19.6 Å². The second-order valence-corrected chi connectivity index (χ2v) is 7.82. The van der Waals surface area contributed by atoms with Gasteiger partial charge in [0.15, 0.2) is 0 Å². The van der Waals surface area contributed by atoms with E-state index in [2.05, 4.69) is 17.4 Å². The third-order valence-electron chi connectivity index (χ3n) is 5.99. The van der Waals surface area contributed by atoms with Crippen molar-refractivity contribution in [1.82, 2.24) is 10.2 Å². The highest BCUT2D eigenvalue weighted by Gasteiger charge is 2.37. The van der Waals surface area contributed by atoms with Crippen LogP contribution in [0.15, 0.2) is 30.3 Å². The normalized spacial score (nSPS) is 25.1. The first kappa shape index (κ1) is 18.9. The number of carbonyl (C=O) groups excluding carboxylic acids is 2. The van der Waals surface area contributed by atoms with E-state index >= 15 is 0 Å². The molecule has 2 amide bonds. The molecule has 1 aromatic rings. The van der Waals surface area contributed by atoms with E-state index in [-0.39, 0.29) is 29.6 Å². The molecule has 3 rings (SSSR count). The Balaban J connectivity index is 1.59. The van der Waals surface area contributed by atoms with Gasteiger partial charge in [0.1, 0.15) is 6.04 Å². The summed E-state index contributed by atoms with van der Waals surface area (Å²) in [6.07, 6.45) is 5.34. The SMILES string of the molecule is C[C@H](NC(=O)C1CCCCC1)C(=O)N1C[C@@H](CN)[C@H](c2ccccc2)C1. The van der Waals surface area contributed by atoms with Crippen LogP contribution in [0.4, 0.5) is 0 Å². The predicted molar refractivity (Wildman–Crippen MR) is 102 cm³/mol. The second kappa shape index (κ2) is 8.67. The molecule has 1 heterocycles. The summed E-state index contributed by atoms with van der Waals surface area (Å²) in [5.41, 5.74) is 7.20. The lowest BCUT2D eigenvalue weighted by Gasteiger charge is -2.25. The molecule has 0 unspecified atom stereocenters. The van der Waals surface area contributed by atoms with Crippen molar-refractivity contribution in [1.29, 1.82) is 0 Å². The van der Waals surface area contributed by atoms with Crippen molar-refractivity contribution in [3.8, 4) is 0 Å². The maximum atomic E-state index is 12.9. The highest BCUT2D eigenvalue weighted by molar-refractivity contribution is 5.88. The summed E-state index contributed by atoms with van der Waals surface area (Å²) >= 11 is 0. The summed E-state index contributed by atoms with van der Waals surface area (Å²) in [7, 11) is 0. The van der Waals surface area contributed by atoms with E-state index in [1.165, 1.54) is 12.0 Å². The predicted octanol–water partition coefficient (Wildman–Crippen LogP) is 2.27. The fraction of sp³-hybridized carbons (Fsp3) is 0.619. The molecule has 3 atom stereocenters. The Morgan fingerprint density at radius 3 is 2.50 bits per heavy atom. The highest BCUT2D eigenvalue weighted by Crippen LogP contribution is 2.32. The van der Waals surface area contributed by atoms with Crippen LogP contribution in [0.3, 0.4) is 0 Å². The van der Waals surface area contributed by atoms with Gasteiger partial charge >= 0.3 is 0 Å². The van der Waals surface area contributed by atoms with Crippen LogP contribution in [0, 0.1) is 11.8 Å². The number of nitrogens with two attached hydrogens (primary N) is 1. The molecule has 2 aliphatic rings. The molecule has 1 saturated carbocycles. The van der Waals surface area contributed by atoms with Crippen LogP contribution in [0.25, 0.3) is 0 Å². The van der Waals surface area contributed by atoms with Crippen LogP contribution in [0.2, 0.25) is 0 Å². The van der Waals surface area contributed by atoms with Gasteiger partial charge in [-0.3, -0.25) is 9.59 Å². The molecule has 3 N–H and O–H groups in total. The van der Waals surface area contributed by atoms with Gasteiger partial charge in [-0.25, -0.2) is 0 Å². The van der Waals surface area contributed by atoms with E-state index in [0.717, 1.165) is 25.7 Å². The number of benzene rings is 1. The van der Waals surface area contributed by atoms with Crippen LogP contribution >= 0.6 is 0 Å². The number of rotatable bonds is 5. The number of nitrogens with zero attached hydrogens (tertiary/aromatic N) is 1. The highest BCUT2D eigenvalue weighted by atomic mass is 16.2. The molecule has 1 aliphatic carbocycles. The number of carbonyl (C=O) groups is 2. The average molecular weight is 357 g/mol. The number of hydrogen-bond donors (Lipinski definition) is 2.